The summed E-state index contributed by atoms with van der Waals surface area (Å²) >= 11 is 0. The lowest BCUT2D eigenvalue weighted by Gasteiger charge is -2.15. The van der Waals surface area contributed by atoms with Crippen molar-refractivity contribution in [3.63, 3.8) is 0 Å². The maximum Gasteiger partial charge on any atom is 0.311 e. The van der Waals surface area contributed by atoms with E-state index in [0.717, 1.165) is 6.26 Å². The maximum atomic E-state index is 11.3. The van der Waals surface area contributed by atoms with Crippen LogP contribution in [0.25, 0.3) is 10.9 Å². The zero-order valence-electron chi connectivity index (χ0n) is 11.6. The minimum absolute atomic E-state index is 0.110. The number of nitrogens with one attached hydrogen (secondary N) is 1. The number of rotatable bonds is 5. The lowest BCUT2D eigenvalue weighted by atomic mass is 10.1. The Morgan fingerprint density at radius 3 is 2.67 bits per heavy atom. The topological polar surface area (TPSA) is 102 Å². The number of anilines is 1. The predicted octanol–water partition coefficient (Wildman–Crippen LogP) is 1.99. The number of benzene rings is 1. The number of hydrogen-bond acceptors (Lipinski definition) is 6. The van der Waals surface area contributed by atoms with Gasteiger partial charge in [-0.2, -0.15) is 0 Å². The molecule has 0 fully saturated rings. The Morgan fingerprint density at radius 2 is 2.05 bits per heavy atom. The highest BCUT2D eigenvalue weighted by Gasteiger charge is 2.20. The number of sulfone groups is 1. The number of hydrogen-bond donors (Lipinski definition) is 1. The molecule has 0 saturated heterocycles. The molecule has 21 heavy (non-hydrogen) atoms. The third kappa shape index (κ3) is 3.66. The van der Waals surface area contributed by atoms with E-state index >= 15 is 0 Å². The second-order valence-electron chi connectivity index (χ2n) is 4.93. The highest BCUT2D eigenvalue weighted by Crippen LogP contribution is 2.31. The van der Waals surface area contributed by atoms with E-state index in [4.69, 9.17) is 0 Å². The molecule has 112 valence electrons. The van der Waals surface area contributed by atoms with Crippen LogP contribution in [0.15, 0.2) is 30.5 Å². The van der Waals surface area contributed by atoms with Crippen LogP contribution in [0.1, 0.15) is 6.92 Å². The number of aromatic nitrogens is 1. The van der Waals surface area contributed by atoms with Crippen LogP contribution in [0.4, 0.5) is 11.4 Å². The average Bonchev–Trinajstić information content (AvgIpc) is 2.36. The van der Waals surface area contributed by atoms with Crippen molar-refractivity contribution in [3.8, 4) is 0 Å². The van der Waals surface area contributed by atoms with Crippen molar-refractivity contribution in [3.05, 3.63) is 40.6 Å². The predicted molar refractivity (Wildman–Crippen MR) is 81.2 cm³/mol. The van der Waals surface area contributed by atoms with Crippen LogP contribution in [0.3, 0.4) is 0 Å². The first-order valence-electron chi connectivity index (χ1n) is 6.24. The van der Waals surface area contributed by atoms with Crippen LogP contribution in [0.2, 0.25) is 0 Å². The third-order valence-corrected chi connectivity index (χ3v) is 4.00. The molecule has 1 unspecified atom stereocenters. The largest absolute Gasteiger partial charge is 0.375 e. The molecule has 0 saturated carbocycles. The monoisotopic (exact) mass is 309 g/mol. The van der Waals surface area contributed by atoms with Gasteiger partial charge in [0.15, 0.2) is 0 Å². The molecule has 0 bridgehead atoms. The molecule has 0 aliphatic heterocycles. The number of para-hydroxylation sites is 1. The van der Waals surface area contributed by atoms with Gasteiger partial charge >= 0.3 is 5.69 Å². The minimum Gasteiger partial charge on any atom is -0.375 e. The maximum absolute atomic E-state index is 11.3. The molecular weight excluding hydrogens is 294 g/mol. The molecule has 0 radical (unpaired) electrons. The van der Waals surface area contributed by atoms with Gasteiger partial charge in [0.05, 0.1) is 16.2 Å². The number of pyridine rings is 1. The second-order valence-corrected chi connectivity index (χ2v) is 7.12. The molecule has 8 heteroatoms. The zero-order chi connectivity index (χ0) is 15.6. The minimum atomic E-state index is -3.18. The standard InChI is InChI=1S/C13H15N3O4S/c1-9(8-21(2,19)20)15-13-10-5-3-4-6-11(10)14-7-12(13)16(17)18/h3-7,9H,8H2,1-2H3,(H,14,15). The molecule has 1 N–H and O–H groups in total. The smallest absolute Gasteiger partial charge is 0.311 e. The fraction of sp³-hybridized carbons (Fsp3) is 0.308. The Balaban J connectivity index is 2.49. The lowest BCUT2D eigenvalue weighted by molar-refractivity contribution is -0.384. The number of nitro groups is 1. The summed E-state index contributed by atoms with van der Waals surface area (Å²) in [6.07, 6.45) is 2.31. The summed E-state index contributed by atoms with van der Waals surface area (Å²) in [6.45, 7) is 1.67. The number of fused-ring (bicyclic) bond motifs is 1. The van der Waals surface area contributed by atoms with Crippen molar-refractivity contribution in [1.29, 1.82) is 0 Å². The van der Waals surface area contributed by atoms with Crippen molar-refractivity contribution < 1.29 is 13.3 Å². The summed E-state index contributed by atoms with van der Waals surface area (Å²) in [5.41, 5.74) is 0.730. The van der Waals surface area contributed by atoms with Crippen LogP contribution in [0, 0.1) is 10.1 Å². The SMILES string of the molecule is CC(CS(C)(=O)=O)Nc1c([N+](=O)[O-])cnc2ccccc12. The van der Waals surface area contributed by atoms with Gasteiger partial charge in [-0.15, -0.1) is 0 Å². The Hall–Kier alpha value is -2.22. The van der Waals surface area contributed by atoms with E-state index in [1.165, 1.54) is 6.20 Å². The van der Waals surface area contributed by atoms with Gasteiger partial charge in [-0.25, -0.2) is 13.4 Å². The van der Waals surface area contributed by atoms with Gasteiger partial charge in [0.2, 0.25) is 0 Å². The van der Waals surface area contributed by atoms with Gasteiger partial charge in [-0.3, -0.25) is 10.1 Å². The summed E-state index contributed by atoms with van der Waals surface area (Å²) in [7, 11) is -3.18. The Bertz CT molecular complexity index is 789. The Kier molecular flexibility index (Phi) is 4.08. The van der Waals surface area contributed by atoms with E-state index in [1.807, 2.05) is 0 Å². The van der Waals surface area contributed by atoms with Crippen LogP contribution < -0.4 is 5.32 Å². The highest BCUT2D eigenvalue weighted by atomic mass is 32.2. The second kappa shape index (κ2) is 5.65. The Labute approximate surface area is 122 Å². The summed E-state index contributed by atoms with van der Waals surface area (Å²) in [4.78, 5) is 14.7. The van der Waals surface area contributed by atoms with E-state index in [9.17, 15) is 18.5 Å². The van der Waals surface area contributed by atoms with E-state index in [1.54, 1.807) is 31.2 Å². The van der Waals surface area contributed by atoms with Crippen LogP contribution in [-0.2, 0) is 9.84 Å². The molecule has 2 rings (SSSR count). The van der Waals surface area contributed by atoms with Crippen molar-refractivity contribution in [1.82, 2.24) is 4.98 Å². The summed E-state index contributed by atoms with van der Waals surface area (Å²) in [5, 5.41) is 14.7. The molecule has 0 amide bonds. The van der Waals surface area contributed by atoms with Gasteiger partial charge in [-0.05, 0) is 13.0 Å². The zero-order valence-corrected chi connectivity index (χ0v) is 12.4. The first kappa shape index (κ1) is 15.2. The van der Waals surface area contributed by atoms with Crippen LogP contribution in [-0.4, -0.2) is 36.4 Å². The van der Waals surface area contributed by atoms with Gasteiger partial charge in [0.1, 0.15) is 21.7 Å². The first-order chi connectivity index (χ1) is 9.78. The summed E-state index contributed by atoms with van der Waals surface area (Å²) in [6, 6.07) is 6.53. The molecule has 7 nitrogen and oxygen atoms in total. The molecule has 0 spiro atoms. The van der Waals surface area contributed by atoms with E-state index in [2.05, 4.69) is 10.3 Å². The lowest BCUT2D eigenvalue weighted by Crippen LogP contribution is -2.25. The van der Waals surface area contributed by atoms with E-state index in [-0.39, 0.29) is 11.4 Å². The molecule has 0 aliphatic carbocycles. The molecule has 1 aromatic carbocycles. The summed E-state index contributed by atoms with van der Waals surface area (Å²) < 4.78 is 22.7. The molecule has 1 heterocycles. The Morgan fingerprint density at radius 1 is 1.38 bits per heavy atom. The van der Waals surface area contributed by atoms with Crippen molar-refractivity contribution in [2.24, 2.45) is 0 Å². The fourth-order valence-electron chi connectivity index (χ4n) is 2.16. The van der Waals surface area contributed by atoms with Crippen molar-refractivity contribution >= 4 is 32.1 Å². The quantitative estimate of drug-likeness (QED) is 0.669. The van der Waals surface area contributed by atoms with Crippen molar-refractivity contribution in [2.45, 2.75) is 13.0 Å². The molecule has 1 aromatic heterocycles. The van der Waals surface area contributed by atoms with Gasteiger partial charge in [0, 0.05) is 17.7 Å². The van der Waals surface area contributed by atoms with Crippen LogP contribution in [0.5, 0.6) is 0 Å². The van der Waals surface area contributed by atoms with Gasteiger partial charge in [-0.1, -0.05) is 18.2 Å². The average molecular weight is 309 g/mol. The van der Waals surface area contributed by atoms with Gasteiger partial charge in [0.25, 0.3) is 0 Å². The molecule has 0 aliphatic rings. The normalized spacial score (nSPS) is 13.0. The molecular formula is C13H15N3O4S. The van der Waals surface area contributed by atoms with Gasteiger partial charge < -0.3 is 5.32 Å². The highest BCUT2D eigenvalue weighted by molar-refractivity contribution is 7.90. The molecule has 2 aromatic rings. The number of nitrogens with zero attached hydrogens (tertiary/aromatic N) is 2. The van der Waals surface area contributed by atoms with Crippen molar-refractivity contribution in [2.75, 3.05) is 17.3 Å². The summed E-state index contributed by atoms with van der Waals surface area (Å²) in [5.74, 6) is -0.110. The van der Waals surface area contributed by atoms with E-state index < -0.39 is 20.8 Å². The first-order valence-corrected chi connectivity index (χ1v) is 8.30. The fourth-order valence-corrected chi connectivity index (χ4v) is 3.15. The molecule has 1 atom stereocenters. The van der Waals surface area contributed by atoms with E-state index in [0.29, 0.717) is 16.6 Å². The van der Waals surface area contributed by atoms with Crippen LogP contribution >= 0.6 is 0 Å². The third-order valence-electron chi connectivity index (χ3n) is 2.90.